The number of hydrogen-bond acceptors (Lipinski definition) is 1. The highest BCUT2D eigenvalue weighted by molar-refractivity contribution is 9.09. The van der Waals surface area contributed by atoms with Gasteiger partial charge in [0.05, 0.1) is 4.83 Å². The van der Waals surface area contributed by atoms with Crippen LogP contribution in [0.2, 0.25) is 0 Å². The monoisotopic (exact) mass is 225 g/mol. The maximum absolute atomic E-state index is 11.3. The molecule has 0 saturated heterocycles. The van der Waals surface area contributed by atoms with E-state index in [2.05, 4.69) is 21.2 Å². The van der Waals surface area contributed by atoms with Gasteiger partial charge in [0.25, 0.3) is 5.91 Å². The van der Waals surface area contributed by atoms with Crippen molar-refractivity contribution in [1.82, 2.24) is 5.32 Å². The first-order valence-corrected chi connectivity index (χ1v) is 4.72. The van der Waals surface area contributed by atoms with E-state index in [1.54, 1.807) is 0 Å². The second kappa shape index (κ2) is 2.90. The molecule has 0 spiro atoms. The van der Waals surface area contributed by atoms with Crippen molar-refractivity contribution in [3.8, 4) is 0 Å². The molecule has 62 valence electrons. The quantitative estimate of drug-likeness (QED) is 0.672. The number of carbonyl (C=O) groups is 1. The molecule has 0 fully saturated rings. The molecule has 1 unspecified atom stereocenters. The van der Waals surface area contributed by atoms with Crippen LogP contribution in [0.4, 0.5) is 0 Å². The lowest BCUT2D eigenvalue weighted by molar-refractivity contribution is 0.0946. The van der Waals surface area contributed by atoms with Gasteiger partial charge in [-0.1, -0.05) is 34.1 Å². The van der Waals surface area contributed by atoms with E-state index >= 15 is 0 Å². The van der Waals surface area contributed by atoms with Crippen molar-refractivity contribution in [3.05, 3.63) is 35.4 Å². The Morgan fingerprint density at radius 3 is 2.92 bits per heavy atom. The van der Waals surface area contributed by atoms with Crippen LogP contribution in [-0.2, 0) is 0 Å². The molecule has 1 atom stereocenters. The van der Waals surface area contributed by atoms with Crippen LogP contribution in [0.25, 0.3) is 0 Å². The highest BCUT2D eigenvalue weighted by Gasteiger charge is 2.21. The first-order valence-electron chi connectivity index (χ1n) is 3.80. The van der Waals surface area contributed by atoms with E-state index in [4.69, 9.17) is 0 Å². The van der Waals surface area contributed by atoms with E-state index < -0.39 is 0 Å². The average molecular weight is 226 g/mol. The molecular weight excluding hydrogens is 218 g/mol. The Kier molecular flexibility index (Phi) is 1.89. The Bertz CT molecular complexity index is 324. The Morgan fingerprint density at radius 1 is 1.42 bits per heavy atom. The van der Waals surface area contributed by atoms with E-state index in [0.29, 0.717) is 6.54 Å². The zero-order valence-corrected chi connectivity index (χ0v) is 7.97. The number of benzene rings is 1. The summed E-state index contributed by atoms with van der Waals surface area (Å²) in [5.41, 5.74) is 1.87. The third kappa shape index (κ3) is 1.14. The normalized spacial score (nSPS) is 21.4. The molecule has 1 aliphatic heterocycles. The molecule has 12 heavy (non-hydrogen) atoms. The van der Waals surface area contributed by atoms with Crippen molar-refractivity contribution in [2.24, 2.45) is 0 Å². The van der Waals surface area contributed by atoms with Gasteiger partial charge in [0.2, 0.25) is 0 Å². The van der Waals surface area contributed by atoms with Gasteiger partial charge in [-0.2, -0.15) is 0 Å². The topological polar surface area (TPSA) is 29.1 Å². The van der Waals surface area contributed by atoms with Crippen molar-refractivity contribution in [2.45, 2.75) is 4.83 Å². The number of alkyl halides is 1. The van der Waals surface area contributed by atoms with Crippen molar-refractivity contribution in [1.29, 1.82) is 0 Å². The fourth-order valence-corrected chi connectivity index (χ4v) is 1.93. The molecule has 1 heterocycles. The molecule has 2 nitrogen and oxygen atoms in total. The highest BCUT2D eigenvalue weighted by atomic mass is 79.9. The van der Waals surface area contributed by atoms with Gasteiger partial charge < -0.3 is 5.32 Å². The minimum Gasteiger partial charge on any atom is -0.351 e. The first kappa shape index (κ1) is 7.80. The SMILES string of the molecule is O=C1NCC(Br)c2ccccc21. The zero-order chi connectivity index (χ0) is 8.55. The summed E-state index contributed by atoms with van der Waals surface area (Å²) in [6, 6.07) is 7.65. The van der Waals surface area contributed by atoms with Crippen molar-refractivity contribution >= 4 is 21.8 Å². The van der Waals surface area contributed by atoms with Crippen LogP contribution in [0, 0.1) is 0 Å². The van der Waals surface area contributed by atoms with E-state index in [9.17, 15) is 4.79 Å². The largest absolute Gasteiger partial charge is 0.351 e. The molecule has 1 aromatic rings. The number of carbonyl (C=O) groups excluding carboxylic acids is 1. The van der Waals surface area contributed by atoms with Crippen LogP contribution >= 0.6 is 15.9 Å². The molecule has 1 aliphatic rings. The van der Waals surface area contributed by atoms with Crippen LogP contribution in [0.5, 0.6) is 0 Å². The molecule has 1 N–H and O–H groups in total. The molecule has 0 aliphatic carbocycles. The molecule has 0 aromatic heterocycles. The molecule has 0 radical (unpaired) electrons. The van der Waals surface area contributed by atoms with Crippen LogP contribution in [0.3, 0.4) is 0 Å². The number of fused-ring (bicyclic) bond motifs is 1. The smallest absolute Gasteiger partial charge is 0.251 e. The number of halogens is 1. The van der Waals surface area contributed by atoms with E-state index in [1.165, 1.54) is 0 Å². The lowest BCUT2D eigenvalue weighted by Crippen LogP contribution is -2.32. The van der Waals surface area contributed by atoms with Crippen LogP contribution in [0.1, 0.15) is 20.7 Å². The van der Waals surface area contributed by atoms with E-state index in [0.717, 1.165) is 11.1 Å². The maximum Gasteiger partial charge on any atom is 0.251 e. The average Bonchev–Trinajstić information content (AvgIpc) is 2.12. The fraction of sp³-hybridized carbons (Fsp3) is 0.222. The summed E-state index contributed by atoms with van der Waals surface area (Å²) < 4.78 is 0. The summed E-state index contributed by atoms with van der Waals surface area (Å²) in [5.74, 6) is 0.0290. The third-order valence-electron chi connectivity index (χ3n) is 1.98. The van der Waals surface area contributed by atoms with Crippen LogP contribution < -0.4 is 5.32 Å². The van der Waals surface area contributed by atoms with Gasteiger partial charge in [-0.15, -0.1) is 0 Å². The first-order chi connectivity index (χ1) is 5.79. The van der Waals surface area contributed by atoms with Gasteiger partial charge in [-0.05, 0) is 11.6 Å². The molecular formula is C9H8BrNO. The predicted molar refractivity (Wildman–Crippen MR) is 50.4 cm³/mol. The summed E-state index contributed by atoms with van der Waals surface area (Å²) in [4.78, 5) is 11.6. The Labute approximate surface area is 79.1 Å². The van der Waals surface area contributed by atoms with Gasteiger partial charge in [-0.3, -0.25) is 4.79 Å². The molecule has 1 amide bonds. The van der Waals surface area contributed by atoms with E-state index in [-0.39, 0.29) is 10.7 Å². The number of nitrogens with one attached hydrogen (secondary N) is 1. The van der Waals surface area contributed by atoms with Crippen LogP contribution in [-0.4, -0.2) is 12.5 Å². The summed E-state index contributed by atoms with van der Waals surface area (Å²) in [6.45, 7) is 0.676. The molecule has 2 rings (SSSR count). The van der Waals surface area contributed by atoms with Crippen LogP contribution in [0.15, 0.2) is 24.3 Å². The lowest BCUT2D eigenvalue weighted by atomic mass is 10.0. The molecule has 1 aromatic carbocycles. The van der Waals surface area contributed by atoms with Crippen molar-refractivity contribution in [3.63, 3.8) is 0 Å². The van der Waals surface area contributed by atoms with Gasteiger partial charge >= 0.3 is 0 Å². The Hall–Kier alpha value is -0.830. The fourth-order valence-electron chi connectivity index (χ4n) is 1.36. The summed E-state index contributed by atoms with van der Waals surface area (Å²) in [7, 11) is 0. The Balaban J connectivity index is 2.55. The standard InChI is InChI=1S/C9H8BrNO/c10-8-5-11-9(12)7-4-2-1-3-6(7)8/h1-4,8H,5H2,(H,11,12). The van der Waals surface area contributed by atoms with Gasteiger partial charge in [-0.25, -0.2) is 0 Å². The van der Waals surface area contributed by atoms with Gasteiger partial charge in [0, 0.05) is 12.1 Å². The van der Waals surface area contributed by atoms with Crippen molar-refractivity contribution < 1.29 is 4.79 Å². The molecule has 0 saturated carbocycles. The second-order valence-electron chi connectivity index (χ2n) is 2.76. The summed E-state index contributed by atoms with van der Waals surface area (Å²) in [6.07, 6.45) is 0. The highest BCUT2D eigenvalue weighted by Crippen LogP contribution is 2.28. The number of rotatable bonds is 0. The number of amides is 1. The minimum atomic E-state index is 0.0290. The van der Waals surface area contributed by atoms with E-state index in [1.807, 2.05) is 24.3 Å². The Morgan fingerprint density at radius 2 is 2.17 bits per heavy atom. The zero-order valence-electron chi connectivity index (χ0n) is 6.38. The predicted octanol–water partition coefficient (Wildman–Crippen LogP) is 1.87. The lowest BCUT2D eigenvalue weighted by Gasteiger charge is -2.20. The third-order valence-corrected chi connectivity index (χ3v) is 2.80. The second-order valence-corrected chi connectivity index (χ2v) is 3.87. The number of hydrogen-bond donors (Lipinski definition) is 1. The summed E-state index contributed by atoms with van der Waals surface area (Å²) >= 11 is 3.50. The molecule has 3 heteroatoms. The minimum absolute atomic E-state index is 0.0290. The van der Waals surface area contributed by atoms with Crippen molar-refractivity contribution in [2.75, 3.05) is 6.54 Å². The summed E-state index contributed by atoms with van der Waals surface area (Å²) in [5, 5.41) is 2.80. The van der Waals surface area contributed by atoms with Gasteiger partial charge in [0.15, 0.2) is 0 Å². The maximum atomic E-state index is 11.3. The van der Waals surface area contributed by atoms with Gasteiger partial charge in [0.1, 0.15) is 0 Å². The molecule has 0 bridgehead atoms.